The van der Waals surface area contributed by atoms with Crippen molar-refractivity contribution in [2.24, 2.45) is 0 Å². The van der Waals surface area contributed by atoms with Crippen LogP contribution >= 0.6 is 0 Å². The number of nitrogens with zero attached hydrogens (tertiary/aromatic N) is 1. The Morgan fingerprint density at radius 2 is 1.93 bits per heavy atom. The highest BCUT2D eigenvalue weighted by Crippen LogP contribution is 2.34. The van der Waals surface area contributed by atoms with E-state index in [1.165, 1.54) is 4.74 Å². The van der Waals surface area contributed by atoms with E-state index in [4.69, 9.17) is 0 Å². The minimum absolute atomic E-state index is 0.342. The third-order valence-corrected chi connectivity index (χ3v) is 3.16. The van der Waals surface area contributed by atoms with Gasteiger partial charge in [0.15, 0.2) is 11.3 Å². The molecule has 2 rings (SSSR count). The van der Waals surface area contributed by atoms with Crippen LogP contribution in [0, 0.1) is 5.21 Å². The second kappa shape index (κ2) is 3.12. The van der Waals surface area contributed by atoms with Crippen LogP contribution in [0.5, 0.6) is 0 Å². The Morgan fingerprint density at radius 3 is 2.43 bits per heavy atom. The van der Waals surface area contributed by atoms with Gasteiger partial charge in [0.1, 0.15) is 0 Å². The van der Waals surface area contributed by atoms with E-state index in [0.29, 0.717) is 0 Å². The molecule has 14 heavy (non-hydrogen) atoms. The van der Waals surface area contributed by atoms with Gasteiger partial charge in [0, 0.05) is 32.3 Å². The maximum absolute atomic E-state index is 11.9. The number of hydroxylamine groups is 1. The lowest BCUT2D eigenvalue weighted by atomic mass is 9.90. The van der Waals surface area contributed by atoms with Crippen LogP contribution in [-0.4, -0.2) is 10.5 Å². The van der Waals surface area contributed by atoms with Gasteiger partial charge in [0.25, 0.3) is 0 Å². The predicted octanol–water partition coefficient (Wildman–Crippen LogP) is 2.67. The van der Waals surface area contributed by atoms with Gasteiger partial charge in [-0.05, 0) is 0 Å². The molecule has 2 heteroatoms. The fourth-order valence-corrected chi connectivity index (χ4v) is 2.11. The van der Waals surface area contributed by atoms with Crippen molar-refractivity contribution >= 4 is 5.71 Å². The molecule has 0 aromatic heterocycles. The highest BCUT2D eigenvalue weighted by molar-refractivity contribution is 5.78. The van der Waals surface area contributed by atoms with Crippen molar-refractivity contribution < 1.29 is 4.74 Å². The smallest absolute Gasteiger partial charge is 0.195 e. The first kappa shape index (κ1) is 9.25. The van der Waals surface area contributed by atoms with Gasteiger partial charge in [0.05, 0.1) is 0 Å². The zero-order valence-electron chi connectivity index (χ0n) is 8.66. The van der Waals surface area contributed by atoms with Gasteiger partial charge in [-0.1, -0.05) is 30.3 Å². The van der Waals surface area contributed by atoms with E-state index in [-0.39, 0.29) is 5.54 Å². The third kappa shape index (κ3) is 1.22. The Morgan fingerprint density at radius 1 is 1.29 bits per heavy atom. The van der Waals surface area contributed by atoms with Crippen molar-refractivity contribution in [3.05, 3.63) is 41.1 Å². The lowest BCUT2D eigenvalue weighted by Gasteiger charge is -2.24. The quantitative estimate of drug-likeness (QED) is 0.492. The third-order valence-electron chi connectivity index (χ3n) is 3.16. The zero-order valence-corrected chi connectivity index (χ0v) is 8.66. The average Bonchev–Trinajstić information content (AvgIpc) is 2.49. The molecule has 0 bridgehead atoms. The molecule has 0 spiro atoms. The molecule has 0 aliphatic carbocycles. The van der Waals surface area contributed by atoms with Crippen LogP contribution in [0.1, 0.15) is 32.3 Å². The summed E-state index contributed by atoms with van der Waals surface area (Å²) in [6.07, 6.45) is 1.83. The van der Waals surface area contributed by atoms with Crippen molar-refractivity contribution in [3.63, 3.8) is 0 Å². The van der Waals surface area contributed by atoms with Crippen LogP contribution in [0.4, 0.5) is 0 Å². The summed E-state index contributed by atoms with van der Waals surface area (Å²) < 4.78 is 1.17. The number of benzene rings is 1. The monoisotopic (exact) mass is 189 g/mol. The summed E-state index contributed by atoms with van der Waals surface area (Å²) >= 11 is 0. The molecule has 1 aromatic rings. The van der Waals surface area contributed by atoms with Crippen molar-refractivity contribution in [2.75, 3.05) is 0 Å². The standard InChI is InChI=1S/C12H15NO/c1-10-8-9-12(2,13(10)14)11-6-4-3-5-7-11/h3-7H,8-9H2,1-2H3/t12-/m0/s1. The molecule has 2 nitrogen and oxygen atoms in total. The van der Waals surface area contributed by atoms with Crippen molar-refractivity contribution in [1.29, 1.82) is 0 Å². The van der Waals surface area contributed by atoms with E-state index in [1.54, 1.807) is 0 Å². The van der Waals surface area contributed by atoms with Crippen molar-refractivity contribution in [2.45, 2.75) is 32.2 Å². The highest BCUT2D eigenvalue weighted by atomic mass is 16.5. The summed E-state index contributed by atoms with van der Waals surface area (Å²) in [5, 5.41) is 11.9. The van der Waals surface area contributed by atoms with Gasteiger partial charge in [-0.2, -0.15) is 0 Å². The van der Waals surface area contributed by atoms with Crippen LogP contribution in [0.3, 0.4) is 0 Å². The van der Waals surface area contributed by atoms with Gasteiger partial charge in [-0.15, -0.1) is 0 Å². The van der Waals surface area contributed by atoms with Gasteiger partial charge in [0.2, 0.25) is 0 Å². The molecule has 0 fully saturated rings. The topological polar surface area (TPSA) is 26.1 Å². The van der Waals surface area contributed by atoms with Gasteiger partial charge in [-0.3, -0.25) is 0 Å². The van der Waals surface area contributed by atoms with Gasteiger partial charge >= 0.3 is 0 Å². The Kier molecular flexibility index (Phi) is 2.06. The molecule has 0 N–H and O–H groups in total. The Balaban J connectivity index is 2.45. The minimum Gasteiger partial charge on any atom is -0.623 e. The first-order valence-corrected chi connectivity index (χ1v) is 5.00. The van der Waals surface area contributed by atoms with Crippen LogP contribution in [0.25, 0.3) is 0 Å². The number of rotatable bonds is 1. The molecule has 0 saturated heterocycles. The molecule has 1 aliphatic rings. The van der Waals surface area contributed by atoms with E-state index in [0.717, 1.165) is 24.1 Å². The molecule has 0 unspecified atom stereocenters. The molecule has 0 saturated carbocycles. The molecule has 0 amide bonds. The van der Waals surface area contributed by atoms with Crippen LogP contribution in [0.15, 0.2) is 30.3 Å². The first-order valence-electron chi connectivity index (χ1n) is 5.00. The number of hydrogen-bond donors (Lipinski definition) is 0. The fourth-order valence-electron chi connectivity index (χ4n) is 2.11. The molecule has 1 heterocycles. The van der Waals surface area contributed by atoms with Gasteiger partial charge < -0.3 is 5.21 Å². The van der Waals surface area contributed by atoms with Crippen LogP contribution in [-0.2, 0) is 5.54 Å². The lowest BCUT2D eigenvalue weighted by molar-refractivity contribution is -0.546. The maximum atomic E-state index is 11.9. The summed E-state index contributed by atoms with van der Waals surface area (Å²) in [6.45, 7) is 3.94. The summed E-state index contributed by atoms with van der Waals surface area (Å²) in [5.74, 6) is 0. The molecular weight excluding hydrogens is 174 g/mol. The van der Waals surface area contributed by atoms with Crippen molar-refractivity contribution in [3.8, 4) is 0 Å². The molecule has 1 aromatic carbocycles. The molecule has 74 valence electrons. The SMILES string of the molecule is CC1=[N+]([O-])[C@](C)(c2ccccc2)CC1. The second-order valence-electron chi connectivity index (χ2n) is 4.17. The zero-order chi connectivity index (χ0) is 10.2. The lowest BCUT2D eigenvalue weighted by Crippen LogP contribution is -2.29. The maximum Gasteiger partial charge on any atom is 0.195 e. The molecule has 1 aliphatic heterocycles. The summed E-state index contributed by atoms with van der Waals surface area (Å²) in [5.41, 5.74) is 1.72. The van der Waals surface area contributed by atoms with Crippen LogP contribution < -0.4 is 0 Å². The van der Waals surface area contributed by atoms with E-state index in [2.05, 4.69) is 0 Å². The molecule has 1 atom stereocenters. The first-order chi connectivity index (χ1) is 6.64. The average molecular weight is 189 g/mol. The largest absolute Gasteiger partial charge is 0.623 e. The molecule has 0 radical (unpaired) electrons. The predicted molar refractivity (Wildman–Crippen MR) is 57.3 cm³/mol. The fraction of sp³-hybridized carbons (Fsp3) is 0.417. The van der Waals surface area contributed by atoms with E-state index in [1.807, 2.05) is 44.2 Å². The van der Waals surface area contributed by atoms with E-state index >= 15 is 0 Å². The second-order valence-corrected chi connectivity index (χ2v) is 4.17. The number of hydrogen-bond acceptors (Lipinski definition) is 1. The van der Waals surface area contributed by atoms with E-state index in [9.17, 15) is 5.21 Å². The Bertz CT molecular complexity index is 369. The normalized spacial score (nSPS) is 27.0. The van der Waals surface area contributed by atoms with E-state index < -0.39 is 0 Å². The molecular formula is C12H15NO. The highest BCUT2D eigenvalue weighted by Gasteiger charge is 2.40. The summed E-state index contributed by atoms with van der Waals surface area (Å²) in [4.78, 5) is 0. The summed E-state index contributed by atoms with van der Waals surface area (Å²) in [7, 11) is 0. The summed E-state index contributed by atoms with van der Waals surface area (Å²) in [6, 6.07) is 10.0. The minimum atomic E-state index is -0.342. The van der Waals surface area contributed by atoms with Crippen molar-refractivity contribution in [1.82, 2.24) is 0 Å². The Labute approximate surface area is 84.5 Å². The van der Waals surface area contributed by atoms with Gasteiger partial charge in [-0.25, -0.2) is 4.74 Å². The Hall–Kier alpha value is -1.31. The van der Waals surface area contributed by atoms with Crippen LogP contribution in [0.2, 0.25) is 0 Å².